The van der Waals surface area contributed by atoms with Crippen molar-refractivity contribution in [3.63, 3.8) is 0 Å². The molecule has 2 aromatic carbocycles. The standard InChI is InChI=1S/C16H16O4/c1-16(20,15(19)12-5-3-2-4-6-12)13-9-11(10-17)7-8-14(13)18/h2-9,17-18,20H,10H2,1H3. The maximum atomic E-state index is 12.4. The van der Waals surface area contributed by atoms with Crippen LogP contribution in [-0.2, 0) is 12.2 Å². The Hall–Kier alpha value is -2.17. The lowest BCUT2D eigenvalue weighted by Crippen LogP contribution is -2.32. The molecule has 0 aromatic heterocycles. The summed E-state index contributed by atoms with van der Waals surface area (Å²) in [6.45, 7) is 1.10. The second-order valence-electron chi connectivity index (χ2n) is 4.78. The Labute approximate surface area is 116 Å². The molecule has 0 aliphatic rings. The molecule has 0 heterocycles. The highest BCUT2D eigenvalue weighted by molar-refractivity contribution is 6.02. The molecule has 0 spiro atoms. The summed E-state index contributed by atoms with van der Waals surface area (Å²) in [7, 11) is 0. The number of carbonyl (C=O) groups excluding carboxylic acids is 1. The molecule has 4 heteroatoms. The topological polar surface area (TPSA) is 77.8 Å². The average molecular weight is 272 g/mol. The molecular weight excluding hydrogens is 256 g/mol. The molecule has 20 heavy (non-hydrogen) atoms. The van der Waals surface area contributed by atoms with Gasteiger partial charge in [-0.1, -0.05) is 36.4 Å². The van der Waals surface area contributed by atoms with Gasteiger partial charge in [-0.05, 0) is 24.6 Å². The number of carbonyl (C=O) groups is 1. The Morgan fingerprint density at radius 2 is 1.80 bits per heavy atom. The lowest BCUT2D eigenvalue weighted by molar-refractivity contribution is 0.0381. The van der Waals surface area contributed by atoms with E-state index in [9.17, 15) is 15.0 Å². The normalized spacial score (nSPS) is 13.8. The molecule has 0 amide bonds. The smallest absolute Gasteiger partial charge is 0.198 e. The van der Waals surface area contributed by atoms with Crippen LogP contribution in [0.5, 0.6) is 5.75 Å². The largest absolute Gasteiger partial charge is 0.508 e. The van der Waals surface area contributed by atoms with Gasteiger partial charge in [0, 0.05) is 11.1 Å². The predicted molar refractivity (Wildman–Crippen MR) is 74.4 cm³/mol. The lowest BCUT2D eigenvalue weighted by atomic mass is 9.86. The molecule has 3 N–H and O–H groups in total. The van der Waals surface area contributed by atoms with Gasteiger partial charge in [0.2, 0.25) is 0 Å². The van der Waals surface area contributed by atoms with E-state index < -0.39 is 11.4 Å². The van der Waals surface area contributed by atoms with Gasteiger partial charge in [0.25, 0.3) is 0 Å². The number of ketones is 1. The third kappa shape index (κ3) is 2.57. The number of phenols is 1. The number of aliphatic hydroxyl groups excluding tert-OH is 1. The van der Waals surface area contributed by atoms with E-state index in [1.807, 2.05) is 0 Å². The average Bonchev–Trinajstić information content (AvgIpc) is 2.47. The molecule has 0 aliphatic carbocycles. The Kier molecular flexibility index (Phi) is 3.88. The van der Waals surface area contributed by atoms with Crippen molar-refractivity contribution in [3.8, 4) is 5.75 Å². The van der Waals surface area contributed by atoms with Gasteiger partial charge in [-0.15, -0.1) is 0 Å². The first kappa shape index (κ1) is 14.2. The van der Waals surface area contributed by atoms with Crippen molar-refractivity contribution in [2.75, 3.05) is 0 Å². The first-order valence-corrected chi connectivity index (χ1v) is 6.22. The van der Waals surface area contributed by atoms with Crippen LogP contribution in [0.1, 0.15) is 28.4 Å². The molecule has 0 saturated heterocycles. The van der Waals surface area contributed by atoms with Crippen LogP contribution >= 0.6 is 0 Å². The molecule has 1 atom stereocenters. The van der Waals surface area contributed by atoms with E-state index in [0.717, 1.165) is 0 Å². The van der Waals surface area contributed by atoms with Gasteiger partial charge < -0.3 is 15.3 Å². The fourth-order valence-electron chi connectivity index (χ4n) is 2.06. The van der Waals surface area contributed by atoms with E-state index in [-0.39, 0.29) is 17.9 Å². The number of aromatic hydroxyl groups is 1. The first-order chi connectivity index (χ1) is 9.46. The van der Waals surface area contributed by atoms with Crippen LogP contribution in [-0.4, -0.2) is 21.1 Å². The van der Waals surface area contributed by atoms with Crippen molar-refractivity contribution >= 4 is 5.78 Å². The van der Waals surface area contributed by atoms with Crippen LogP contribution in [0.15, 0.2) is 48.5 Å². The van der Waals surface area contributed by atoms with Crippen LogP contribution < -0.4 is 0 Å². The summed E-state index contributed by atoms with van der Waals surface area (Å²) in [5, 5.41) is 29.5. The Bertz CT molecular complexity index is 618. The van der Waals surface area contributed by atoms with Crippen molar-refractivity contribution in [1.82, 2.24) is 0 Å². The van der Waals surface area contributed by atoms with E-state index >= 15 is 0 Å². The number of rotatable bonds is 4. The summed E-state index contributed by atoms with van der Waals surface area (Å²) in [5.41, 5.74) is -0.917. The second-order valence-corrected chi connectivity index (χ2v) is 4.78. The van der Waals surface area contributed by atoms with Gasteiger partial charge >= 0.3 is 0 Å². The summed E-state index contributed by atoms with van der Waals surface area (Å²) < 4.78 is 0. The minimum absolute atomic E-state index is 0.0814. The molecule has 4 nitrogen and oxygen atoms in total. The minimum atomic E-state index is -1.86. The maximum Gasteiger partial charge on any atom is 0.198 e. The fourth-order valence-corrected chi connectivity index (χ4v) is 2.06. The number of hydrogen-bond donors (Lipinski definition) is 3. The molecule has 0 fully saturated rings. The number of benzene rings is 2. The van der Waals surface area contributed by atoms with E-state index in [4.69, 9.17) is 5.11 Å². The summed E-state index contributed by atoms with van der Waals surface area (Å²) in [6.07, 6.45) is 0. The summed E-state index contributed by atoms with van der Waals surface area (Å²) in [5.74, 6) is -0.694. The van der Waals surface area contributed by atoms with Crippen molar-refractivity contribution in [3.05, 3.63) is 65.2 Å². The zero-order valence-corrected chi connectivity index (χ0v) is 11.1. The highest BCUT2D eigenvalue weighted by Gasteiger charge is 2.35. The van der Waals surface area contributed by atoms with Crippen LogP contribution in [0.25, 0.3) is 0 Å². The third-order valence-corrected chi connectivity index (χ3v) is 3.25. The highest BCUT2D eigenvalue weighted by Crippen LogP contribution is 2.32. The van der Waals surface area contributed by atoms with Gasteiger partial charge in [-0.2, -0.15) is 0 Å². The summed E-state index contributed by atoms with van der Waals surface area (Å²) in [4.78, 5) is 12.4. The monoisotopic (exact) mass is 272 g/mol. The maximum absolute atomic E-state index is 12.4. The summed E-state index contributed by atoms with van der Waals surface area (Å²) >= 11 is 0. The van der Waals surface area contributed by atoms with Crippen molar-refractivity contribution in [2.24, 2.45) is 0 Å². The van der Waals surface area contributed by atoms with Crippen LogP contribution in [0.3, 0.4) is 0 Å². The van der Waals surface area contributed by atoms with Crippen molar-refractivity contribution in [2.45, 2.75) is 19.1 Å². The van der Waals surface area contributed by atoms with E-state index in [1.165, 1.54) is 25.1 Å². The SMILES string of the molecule is CC(O)(C(=O)c1ccccc1)c1cc(CO)ccc1O. The summed E-state index contributed by atoms with van der Waals surface area (Å²) in [6, 6.07) is 12.7. The molecule has 104 valence electrons. The minimum Gasteiger partial charge on any atom is -0.508 e. The zero-order chi connectivity index (χ0) is 14.8. The van der Waals surface area contributed by atoms with Gasteiger partial charge in [-0.3, -0.25) is 4.79 Å². The van der Waals surface area contributed by atoms with E-state index in [2.05, 4.69) is 0 Å². The zero-order valence-electron chi connectivity index (χ0n) is 11.1. The van der Waals surface area contributed by atoms with Crippen molar-refractivity contribution in [1.29, 1.82) is 0 Å². The lowest BCUT2D eigenvalue weighted by Gasteiger charge is -2.24. The number of hydrogen-bond acceptors (Lipinski definition) is 4. The van der Waals surface area contributed by atoms with Gasteiger partial charge in [-0.25, -0.2) is 0 Å². The molecule has 1 unspecified atom stereocenters. The predicted octanol–water partition coefficient (Wildman–Crippen LogP) is 1.97. The van der Waals surface area contributed by atoms with Gasteiger partial charge in [0.05, 0.1) is 6.61 Å². The third-order valence-electron chi connectivity index (χ3n) is 3.25. The van der Waals surface area contributed by atoms with Gasteiger partial charge in [0.1, 0.15) is 5.75 Å². The molecule has 0 radical (unpaired) electrons. The Morgan fingerprint density at radius 1 is 1.15 bits per heavy atom. The quantitative estimate of drug-likeness (QED) is 0.744. The van der Waals surface area contributed by atoms with Gasteiger partial charge in [0.15, 0.2) is 11.4 Å². The Morgan fingerprint density at radius 3 is 2.40 bits per heavy atom. The second kappa shape index (κ2) is 5.45. The molecule has 0 bridgehead atoms. The van der Waals surface area contributed by atoms with E-state index in [0.29, 0.717) is 11.1 Å². The molecule has 2 aromatic rings. The Balaban J connectivity index is 2.47. The molecular formula is C16H16O4. The van der Waals surface area contributed by atoms with Crippen molar-refractivity contribution < 1.29 is 20.1 Å². The number of Topliss-reactive ketones (excluding diaryl/α,β-unsaturated/α-hetero) is 1. The fraction of sp³-hybridized carbons (Fsp3) is 0.188. The molecule has 0 aliphatic heterocycles. The van der Waals surface area contributed by atoms with Crippen LogP contribution in [0.2, 0.25) is 0 Å². The number of phenolic OH excluding ortho intramolecular Hbond substituents is 1. The number of aliphatic hydroxyl groups is 2. The molecule has 2 rings (SSSR count). The van der Waals surface area contributed by atoms with Crippen LogP contribution in [0.4, 0.5) is 0 Å². The molecule has 0 saturated carbocycles. The first-order valence-electron chi connectivity index (χ1n) is 6.22. The van der Waals surface area contributed by atoms with E-state index in [1.54, 1.807) is 30.3 Å². The van der Waals surface area contributed by atoms with Crippen LogP contribution in [0, 0.1) is 0 Å². The highest BCUT2D eigenvalue weighted by atomic mass is 16.3.